The van der Waals surface area contributed by atoms with Crippen LogP contribution in [0.1, 0.15) is 18.4 Å². The first kappa shape index (κ1) is 13.4. The van der Waals surface area contributed by atoms with E-state index in [9.17, 15) is 4.79 Å². The molecule has 1 aliphatic heterocycles. The van der Waals surface area contributed by atoms with Crippen LogP contribution in [0.25, 0.3) is 0 Å². The molecule has 1 aromatic carbocycles. The number of nitrogens with one attached hydrogen (secondary N) is 1. The average Bonchev–Trinajstić information content (AvgIpc) is 3.27. The second kappa shape index (κ2) is 5.09. The first-order valence-corrected chi connectivity index (χ1v) is 7.31. The first-order chi connectivity index (χ1) is 9.71. The second-order valence-electron chi connectivity index (χ2n) is 5.79. The molecule has 1 aromatic rings. The Kier molecular flexibility index (Phi) is 3.42. The van der Waals surface area contributed by atoms with E-state index in [0.717, 1.165) is 25.8 Å². The van der Waals surface area contributed by atoms with Crippen LogP contribution in [0.4, 0.5) is 5.69 Å². The molecule has 1 atom stereocenters. The minimum atomic E-state index is -0.563. The normalized spacial score (nSPS) is 20.4. The minimum absolute atomic E-state index is 0.133. The summed E-state index contributed by atoms with van der Waals surface area (Å²) in [6.07, 6.45) is 3.26. The molecular formula is C16H22N2O2. The van der Waals surface area contributed by atoms with Gasteiger partial charge in [-0.15, -0.1) is 0 Å². The summed E-state index contributed by atoms with van der Waals surface area (Å²) in [5.74, 6) is 0.264. The molecule has 4 nitrogen and oxygen atoms in total. The van der Waals surface area contributed by atoms with E-state index in [0.29, 0.717) is 12.5 Å². The first-order valence-electron chi connectivity index (χ1n) is 7.31. The Morgan fingerprint density at radius 1 is 1.45 bits per heavy atom. The van der Waals surface area contributed by atoms with Crippen molar-refractivity contribution in [2.45, 2.75) is 24.8 Å². The van der Waals surface area contributed by atoms with Crippen LogP contribution in [-0.4, -0.2) is 38.8 Å². The third kappa shape index (κ3) is 2.08. The van der Waals surface area contributed by atoms with Crippen LogP contribution in [0.3, 0.4) is 0 Å². The maximum atomic E-state index is 12.3. The van der Waals surface area contributed by atoms with E-state index in [1.54, 1.807) is 0 Å². The minimum Gasteiger partial charge on any atom is -0.468 e. The summed E-state index contributed by atoms with van der Waals surface area (Å²) in [5, 5.41) is 3.27. The maximum Gasteiger partial charge on any atom is 0.328 e. The fraction of sp³-hybridized carbons (Fsp3) is 0.562. The number of benzene rings is 1. The topological polar surface area (TPSA) is 41.6 Å². The number of nitrogens with zero attached hydrogens (tertiary/aromatic N) is 1. The van der Waals surface area contributed by atoms with Crippen molar-refractivity contribution in [2.75, 3.05) is 32.1 Å². The van der Waals surface area contributed by atoms with Gasteiger partial charge in [0.25, 0.3) is 0 Å². The van der Waals surface area contributed by atoms with Crippen LogP contribution in [-0.2, 0) is 16.0 Å². The van der Waals surface area contributed by atoms with E-state index in [-0.39, 0.29) is 5.97 Å². The maximum absolute atomic E-state index is 12.3. The zero-order valence-electron chi connectivity index (χ0n) is 12.2. The van der Waals surface area contributed by atoms with Crippen LogP contribution in [0, 0.1) is 5.92 Å². The third-order valence-electron chi connectivity index (χ3n) is 4.69. The highest BCUT2D eigenvalue weighted by molar-refractivity contribution is 5.83. The number of methoxy groups -OCH3 is 1. The lowest BCUT2D eigenvalue weighted by Gasteiger charge is -2.35. The Hall–Kier alpha value is -1.55. The molecule has 0 spiro atoms. The highest BCUT2D eigenvalue weighted by atomic mass is 16.5. The smallest absolute Gasteiger partial charge is 0.328 e. The van der Waals surface area contributed by atoms with Crippen molar-refractivity contribution in [1.29, 1.82) is 0 Å². The molecular weight excluding hydrogens is 252 g/mol. The molecule has 20 heavy (non-hydrogen) atoms. The van der Waals surface area contributed by atoms with Gasteiger partial charge in [0.2, 0.25) is 0 Å². The predicted molar refractivity (Wildman–Crippen MR) is 78.9 cm³/mol. The predicted octanol–water partition coefficient (Wildman–Crippen LogP) is 1.59. The Morgan fingerprint density at radius 3 is 2.85 bits per heavy atom. The van der Waals surface area contributed by atoms with Gasteiger partial charge in [-0.2, -0.15) is 0 Å². The number of ether oxygens (including phenoxy) is 1. The van der Waals surface area contributed by atoms with Gasteiger partial charge >= 0.3 is 5.97 Å². The lowest BCUT2D eigenvalue weighted by molar-refractivity contribution is -0.149. The Balaban J connectivity index is 1.86. The monoisotopic (exact) mass is 274 g/mol. The van der Waals surface area contributed by atoms with Crippen LogP contribution in [0.2, 0.25) is 0 Å². The highest BCUT2D eigenvalue weighted by Crippen LogP contribution is 2.42. The van der Waals surface area contributed by atoms with Crippen molar-refractivity contribution in [3.05, 3.63) is 29.8 Å². The number of anilines is 1. The van der Waals surface area contributed by atoms with Crippen LogP contribution in [0.5, 0.6) is 0 Å². The van der Waals surface area contributed by atoms with Crippen LogP contribution >= 0.6 is 0 Å². The van der Waals surface area contributed by atoms with Gasteiger partial charge in [0.15, 0.2) is 0 Å². The number of carbonyl (C=O) groups is 1. The van der Waals surface area contributed by atoms with E-state index in [2.05, 4.69) is 34.5 Å². The average molecular weight is 274 g/mol. The summed E-state index contributed by atoms with van der Waals surface area (Å²) in [5.41, 5.74) is 2.07. The van der Waals surface area contributed by atoms with Gasteiger partial charge in [-0.3, -0.25) is 0 Å². The molecule has 1 fully saturated rings. The molecule has 1 unspecified atom stereocenters. The molecule has 0 radical (unpaired) electrons. The van der Waals surface area contributed by atoms with Gasteiger partial charge < -0.3 is 15.0 Å². The van der Waals surface area contributed by atoms with Gasteiger partial charge in [-0.1, -0.05) is 18.2 Å². The summed E-state index contributed by atoms with van der Waals surface area (Å²) in [6, 6.07) is 8.46. The van der Waals surface area contributed by atoms with E-state index in [1.165, 1.54) is 18.4 Å². The Labute approximate surface area is 120 Å². The Bertz CT molecular complexity index is 513. The van der Waals surface area contributed by atoms with Crippen molar-refractivity contribution in [2.24, 2.45) is 5.92 Å². The largest absolute Gasteiger partial charge is 0.468 e. The molecule has 1 N–H and O–H groups in total. The SMILES string of the molecule is CNC(CN1CCc2ccccc21)(C(=O)OC)C1CC1. The molecule has 4 heteroatoms. The van der Waals surface area contributed by atoms with Gasteiger partial charge in [0.05, 0.1) is 7.11 Å². The standard InChI is InChI=1S/C16H22N2O2/c1-17-16(13-7-8-13,15(19)20-2)11-18-10-9-12-5-3-4-6-14(12)18/h3-6,13,17H,7-11H2,1-2H3. The lowest BCUT2D eigenvalue weighted by Crippen LogP contribution is -2.60. The van der Waals surface area contributed by atoms with E-state index in [1.807, 2.05) is 7.05 Å². The summed E-state index contributed by atoms with van der Waals surface area (Å²) in [7, 11) is 3.35. The molecule has 0 bridgehead atoms. The van der Waals surface area contributed by atoms with Gasteiger partial charge in [-0.05, 0) is 43.9 Å². The molecule has 0 amide bonds. The van der Waals surface area contributed by atoms with Crippen molar-refractivity contribution in [1.82, 2.24) is 5.32 Å². The van der Waals surface area contributed by atoms with Crippen LogP contribution in [0.15, 0.2) is 24.3 Å². The zero-order chi connectivity index (χ0) is 14.2. The number of para-hydroxylation sites is 1. The molecule has 0 aromatic heterocycles. The number of carbonyl (C=O) groups excluding carboxylic acids is 1. The van der Waals surface area contributed by atoms with Crippen molar-refractivity contribution in [3.8, 4) is 0 Å². The summed E-state index contributed by atoms with van der Waals surface area (Å²) in [4.78, 5) is 14.7. The molecule has 108 valence electrons. The van der Waals surface area contributed by atoms with Gasteiger partial charge in [0, 0.05) is 18.8 Å². The summed E-state index contributed by atoms with van der Waals surface area (Å²) in [6.45, 7) is 1.67. The third-order valence-corrected chi connectivity index (χ3v) is 4.69. The van der Waals surface area contributed by atoms with E-state index >= 15 is 0 Å². The number of fused-ring (bicyclic) bond motifs is 1. The van der Waals surface area contributed by atoms with Crippen molar-refractivity contribution in [3.63, 3.8) is 0 Å². The van der Waals surface area contributed by atoms with E-state index in [4.69, 9.17) is 4.74 Å². The van der Waals surface area contributed by atoms with Gasteiger partial charge in [0.1, 0.15) is 5.54 Å². The number of hydrogen-bond donors (Lipinski definition) is 1. The van der Waals surface area contributed by atoms with Crippen LogP contribution < -0.4 is 10.2 Å². The number of hydrogen-bond acceptors (Lipinski definition) is 4. The molecule has 2 aliphatic rings. The molecule has 1 heterocycles. The fourth-order valence-electron chi connectivity index (χ4n) is 3.38. The highest BCUT2D eigenvalue weighted by Gasteiger charge is 2.52. The number of likely N-dealkylation sites (N-methyl/N-ethyl adjacent to an activating group) is 1. The quantitative estimate of drug-likeness (QED) is 0.828. The van der Waals surface area contributed by atoms with Gasteiger partial charge in [-0.25, -0.2) is 4.79 Å². The lowest BCUT2D eigenvalue weighted by atomic mass is 9.92. The fourth-order valence-corrected chi connectivity index (χ4v) is 3.38. The molecule has 0 saturated heterocycles. The Morgan fingerprint density at radius 2 is 2.20 bits per heavy atom. The number of esters is 1. The summed E-state index contributed by atoms with van der Waals surface area (Å²) >= 11 is 0. The van der Waals surface area contributed by atoms with Crippen molar-refractivity contribution >= 4 is 11.7 Å². The molecule has 1 aliphatic carbocycles. The molecule has 1 saturated carbocycles. The summed E-state index contributed by atoms with van der Waals surface area (Å²) < 4.78 is 5.08. The van der Waals surface area contributed by atoms with E-state index < -0.39 is 5.54 Å². The van der Waals surface area contributed by atoms with Crippen molar-refractivity contribution < 1.29 is 9.53 Å². The number of rotatable bonds is 5. The zero-order valence-corrected chi connectivity index (χ0v) is 12.2. The second-order valence-corrected chi connectivity index (χ2v) is 5.79. The molecule has 3 rings (SSSR count).